The first-order valence-corrected chi connectivity index (χ1v) is 9.41. The molecule has 0 radical (unpaired) electrons. The molecule has 0 fully saturated rings. The summed E-state index contributed by atoms with van der Waals surface area (Å²) in [6.07, 6.45) is 3.18. The highest BCUT2D eigenvalue weighted by Crippen LogP contribution is 2.19. The van der Waals surface area contributed by atoms with E-state index < -0.39 is 0 Å². The Bertz CT molecular complexity index is 702. The van der Waals surface area contributed by atoms with Gasteiger partial charge in [0.25, 0.3) is 0 Å². The number of aliphatic imine (C=N–C) groups is 1. The molecule has 1 N–H and O–H groups in total. The van der Waals surface area contributed by atoms with Crippen molar-refractivity contribution >= 4 is 5.96 Å². The van der Waals surface area contributed by atoms with Crippen LogP contribution in [-0.2, 0) is 13.6 Å². The molecule has 1 aromatic heterocycles. The molecule has 0 aliphatic rings. The summed E-state index contributed by atoms with van der Waals surface area (Å²) < 4.78 is 1.90. The van der Waals surface area contributed by atoms with Gasteiger partial charge in [-0.3, -0.25) is 9.67 Å². The van der Waals surface area contributed by atoms with Crippen LogP contribution in [0.1, 0.15) is 55.8 Å². The SMILES string of the molecule is CN=C(NCCC(C)c1ccccc1)N(C)Cc1cn(C)nc1C(C)C. The number of nitrogens with zero attached hydrogens (tertiary/aromatic N) is 4. The lowest BCUT2D eigenvalue weighted by Crippen LogP contribution is -2.39. The van der Waals surface area contributed by atoms with E-state index in [1.54, 1.807) is 0 Å². The minimum absolute atomic E-state index is 0.418. The molecule has 0 spiro atoms. The van der Waals surface area contributed by atoms with Gasteiger partial charge in [0.1, 0.15) is 0 Å². The van der Waals surface area contributed by atoms with Crippen LogP contribution in [0.3, 0.4) is 0 Å². The molecule has 2 rings (SSSR count). The Labute approximate surface area is 158 Å². The third-order valence-electron chi connectivity index (χ3n) is 4.69. The molecule has 1 atom stereocenters. The average molecular weight is 356 g/mol. The Balaban J connectivity index is 1.90. The van der Waals surface area contributed by atoms with Crippen molar-refractivity contribution in [2.45, 2.75) is 45.6 Å². The monoisotopic (exact) mass is 355 g/mol. The molecule has 0 aliphatic carbocycles. The fraction of sp³-hybridized carbons (Fsp3) is 0.524. The van der Waals surface area contributed by atoms with Gasteiger partial charge in [-0.05, 0) is 23.8 Å². The second-order valence-corrected chi connectivity index (χ2v) is 7.30. The van der Waals surface area contributed by atoms with Crippen LogP contribution in [0.5, 0.6) is 0 Å². The van der Waals surface area contributed by atoms with E-state index in [0.29, 0.717) is 11.8 Å². The zero-order valence-electron chi connectivity index (χ0n) is 17.0. The standard InChI is InChI=1S/C21H33N5/c1-16(2)20-19(15-26(6)24-20)14-25(5)21(22-4)23-13-12-17(3)18-10-8-7-9-11-18/h7-11,15-17H,12-14H2,1-6H3,(H,22,23). The Morgan fingerprint density at radius 1 is 1.23 bits per heavy atom. The van der Waals surface area contributed by atoms with Crippen LogP contribution < -0.4 is 5.32 Å². The van der Waals surface area contributed by atoms with Gasteiger partial charge in [0.2, 0.25) is 0 Å². The van der Waals surface area contributed by atoms with Gasteiger partial charge in [-0.15, -0.1) is 0 Å². The summed E-state index contributed by atoms with van der Waals surface area (Å²) in [5, 5.41) is 8.09. The first kappa shape index (κ1) is 20.0. The number of guanidine groups is 1. The minimum atomic E-state index is 0.418. The summed E-state index contributed by atoms with van der Waals surface area (Å²) in [4.78, 5) is 6.60. The zero-order valence-corrected chi connectivity index (χ0v) is 17.0. The first-order chi connectivity index (χ1) is 12.4. The van der Waals surface area contributed by atoms with Crippen LogP contribution in [0.2, 0.25) is 0 Å². The Kier molecular flexibility index (Phi) is 7.25. The van der Waals surface area contributed by atoms with Crippen LogP contribution in [-0.4, -0.2) is 41.3 Å². The Morgan fingerprint density at radius 2 is 1.92 bits per heavy atom. The molecule has 0 aliphatic heterocycles. The van der Waals surface area contributed by atoms with Gasteiger partial charge < -0.3 is 10.2 Å². The number of nitrogens with one attached hydrogen (secondary N) is 1. The lowest BCUT2D eigenvalue weighted by molar-refractivity contribution is 0.470. The normalized spacial score (nSPS) is 13.1. The van der Waals surface area contributed by atoms with Crippen molar-refractivity contribution in [2.75, 3.05) is 20.6 Å². The van der Waals surface area contributed by atoms with E-state index >= 15 is 0 Å². The van der Waals surface area contributed by atoms with E-state index in [2.05, 4.69) is 84.7 Å². The van der Waals surface area contributed by atoms with Crippen molar-refractivity contribution in [2.24, 2.45) is 12.0 Å². The van der Waals surface area contributed by atoms with Crippen LogP contribution in [0.15, 0.2) is 41.5 Å². The quantitative estimate of drug-likeness (QED) is 0.608. The van der Waals surface area contributed by atoms with Gasteiger partial charge >= 0.3 is 0 Å². The lowest BCUT2D eigenvalue weighted by atomic mass is 9.98. The minimum Gasteiger partial charge on any atom is -0.356 e. The van der Waals surface area contributed by atoms with Gasteiger partial charge in [0.05, 0.1) is 5.69 Å². The van der Waals surface area contributed by atoms with Crippen molar-refractivity contribution < 1.29 is 0 Å². The maximum atomic E-state index is 4.60. The second kappa shape index (κ2) is 9.41. The third kappa shape index (κ3) is 5.35. The highest BCUT2D eigenvalue weighted by molar-refractivity contribution is 5.79. The van der Waals surface area contributed by atoms with Gasteiger partial charge in [-0.2, -0.15) is 5.10 Å². The number of rotatable bonds is 7. The summed E-state index contributed by atoms with van der Waals surface area (Å²) in [5.74, 6) is 1.86. The number of benzene rings is 1. The molecule has 1 aromatic carbocycles. The highest BCUT2D eigenvalue weighted by Gasteiger charge is 2.15. The molecule has 5 nitrogen and oxygen atoms in total. The average Bonchev–Trinajstić information content (AvgIpc) is 2.99. The molecule has 0 saturated heterocycles. The van der Waals surface area contributed by atoms with E-state index in [1.165, 1.54) is 11.1 Å². The van der Waals surface area contributed by atoms with Crippen molar-refractivity contribution in [1.29, 1.82) is 0 Å². The molecular weight excluding hydrogens is 322 g/mol. The summed E-state index contributed by atoms with van der Waals surface area (Å²) in [5.41, 5.74) is 3.80. The van der Waals surface area contributed by atoms with Crippen LogP contribution >= 0.6 is 0 Å². The molecule has 142 valence electrons. The van der Waals surface area contributed by atoms with E-state index in [1.807, 2.05) is 18.8 Å². The smallest absolute Gasteiger partial charge is 0.193 e. The van der Waals surface area contributed by atoms with E-state index in [0.717, 1.165) is 31.2 Å². The van der Waals surface area contributed by atoms with Gasteiger partial charge in [0.15, 0.2) is 5.96 Å². The number of hydrogen-bond acceptors (Lipinski definition) is 2. The second-order valence-electron chi connectivity index (χ2n) is 7.30. The summed E-state index contributed by atoms with van der Waals surface area (Å²) in [7, 11) is 5.90. The van der Waals surface area contributed by atoms with E-state index in [-0.39, 0.29) is 0 Å². The molecule has 2 aromatic rings. The summed E-state index contributed by atoms with van der Waals surface area (Å²) in [6, 6.07) is 10.7. The summed E-state index contributed by atoms with van der Waals surface area (Å²) >= 11 is 0. The predicted octanol–water partition coefficient (Wildman–Crippen LogP) is 3.74. The maximum Gasteiger partial charge on any atom is 0.193 e. The number of aromatic nitrogens is 2. The van der Waals surface area contributed by atoms with E-state index in [4.69, 9.17) is 0 Å². The number of aryl methyl sites for hydroxylation is 1. The molecule has 0 saturated carbocycles. The van der Waals surface area contributed by atoms with E-state index in [9.17, 15) is 0 Å². The zero-order chi connectivity index (χ0) is 19.1. The summed E-state index contributed by atoms with van der Waals surface area (Å²) in [6.45, 7) is 8.34. The molecule has 26 heavy (non-hydrogen) atoms. The number of hydrogen-bond donors (Lipinski definition) is 1. The molecule has 1 heterocycles. The topological polar surface area (TPSA) is 45.5 Å². The predicted molar refractivity (Wildman–Crippen MR) is 110 cm³/mol. The molecular formula is C21H33N5. The van der Waals surface area contributed by atoms with Crippen LogP contribution in [0, 0.1) is 0 Å². The largest absolute Gasteiger partial charge is 0.356 e. The highest BCUT2D eigenvalue weighted by atomic mass is 15.3. The van der Waals surface area contributed by atoms with Gasteiger partial charge in [-0.1, -0.05) is 51.1 Å². The Morgan fingerprint density at radius 3 is 2.54 bits per heavy atom. The third-order valence-corrected chi connectivity index (χ3v) is 4.69. The van der Waals surface area contributed by atoms with Crippen molar-refractivity contribution in [3.05, 3.63) is 53.3 Å². The molecule has 5 heteroatoms. The molecule has 0 bridgehead atoms. The van der Waals surface area contributed by atoms with Crippen molar-refractivity contribution in [3.8, 4) is 0 Å². The fourth-order valence-electron chi connectivity index (χ4n) is 3.23. The fourth-order valence-corrected chi connectivity index (χ4v) is 3.23. The molecule has 0 amide bonds. The van der Waals surface area contributed by atoms with Gasteiger partial charge in [-0.25, -0.2) is 0 Å². The van der Waals surface area contributed by atoms with Crippen LogP contribution in [0.25, 0.3) is 0 Å². The lowest BCUT2D eigenvalue weighted by Gasteiger charge is -2.23. The first-order valence-electron chi connectivity index (χ1n) is 9.41. The van der Waals surface area contributed by atoms with Crippen LogP contribution in [0.4, 0.5) is 0 Å². The van der Waals surface area contributed by atoms with Crippen molar-refractivity contribution in [3.63, 3.8) is 0 Å². The van der Waals surface area contributed by atoms with Crippen molar-refractivity contribution in [1.82, 2.24) is 20.0 Å². The van der Waals surface area contributed by atoms with Gasteiger partial charge in [0, 0.05) is 46.0 Å². The Hall–Kier alpha value is -2.30. The molecule has 1 unspecified atom stereocenters. The maximum absolute atomic E-state index is 4.60.